The van der Waals surface area contributed by atoms with Crippen molar-refractivity contribution in [1.29, 1.82) is 0 Å². The zero-order chi connectivity index (χ0) is 11.8. The lowest BCUT2D eigenvalue weighted by Gasteiger charge is -2.19. The molecule has 1 fully saturated rings. The minimum absolute atomic E-state index is 0.0868. The van der Waals surface area contributed by atoms with Gasteiger partial charge in [-0.25, -0.2) is 0 Å². The van der Waals surface area contributed by atoms with Crippen LogP contribution >= 0.6 is 0 Å². The predicted octanol–water partition coefficient (Wildman–Crippen LogP) is 1.72. The van der Waals surface area contributed by atoms with Crippen LogP contribution in [0.2, 0.25) is 0 Å². The minimum Gasteiger partial charge on any atom is -0.463 e. The van der Waals surface area contributed by atoms with Gasteiger partial charge in [0, 0.05) is 25.9 Å². The summed E-state index contributed by atoms with van der Waals surface area (Å²) < 4.78 is 9.71. The van der Waals surface area contributed by atoms with E-state index in [2.05, 4.69) is 0 Å². The molecule has 0 spiro atoms. The molecule has 92 valence electrons. The van der Waals surface area contributed by atoms with Crippen molar-refractivity contribution in [2.45, 2.75) is 38.5 Å². The van der Waals surface area contributed by atoms with Gasteiger partial charge in [0.05, 0.1) is 6.61 Å². The van der Waals surface area contributed by atoms with Crippen molar-refractivity contribution in [3.05, 3.63) is 0 Å². The number of hydrogen-bond acceptors (Lipinski definition) is 4. The summed E-state index contributed by atoms with van der Waals surface area (Å²) in [6.07, 6.45) is 4.72. The summed E-state index contributed by atoms with van der Waals surface area (Å²) in [4.78, 5) is 22.8. The molecule has 0 aromatic rings. The second-order valence-electron chi connectivity index (χ2n) is 4.16. The normalized spacial score (nSPS) is 20.8. The van der Waals surface area contributed by atoms with Crippen LogP contribution in [0.25, 0.3) is 0 Å². The van der Waals surface area contributed by atoms with Gasteiger partial charge in [0.1, 0.15) is 12.4 Å². The van der Waals surface area contributed by atoms with Crippen LogP contribution < -0.4 is 0 Å². The van der Waals surface area contributed by atoms with E-state index in [-0.39, 0.29) is 11.9 Å². The smallest absolute Gasteiger partial charge is 0.305 e. The molecule has 0 heterocycles. The first-order valence-corrected chi connectivity index (χ1v) is 5.91. The molecular formula is C12H20O4. The Morgan fingerprint density at radius 2 is 2.19 bits per heavy atom. The summed E-state index contributed by atoms with van der Waals surface area (Å²) in [7, 11) is 1.56. The Morgan fingerprint density at radius 3 is 2.88 bits per heavy atom. The van der Waals surface area contributed by atoms with E-state index in [9.17, 15) is 9.59 Å². The number of methoxy groups -OCH3 is 1. The van der Waals surface area contributed by atoms with Gasteiger partial charge in [-0.05, 0) is 19.3 Å². The predicted molar refractivity (Wildman–Crippen MR) is 59.0 cm³/mol. The SMILES string of the molecule is COCCOC(=O)CCC1CCCCC1=O. The topological polar surface area (TPSA) is 52.6 Å². The van der Waals surface area contributed by atoms with E-state index in [1.54, 1.807) is 7.11 Å². The number of ether oxygens (including phenoxy) is 2. The van der Waals surface area contributed by atoms with Crippen molar-refractivity contribution in [1.82, 2.24) is 0 Å². The summed E-state index contributed by atoms with van der Waals surface area (Å²) >= 11 is 0. The van der Waals surface area contributed by atoms with Crippen LogP contribution in [0.1, 0.15) is 38.5 Å². The van der Waals surface area contributed by atoms with Crippen LogP contribution in [0.15, 0.2) is 0 Å². The number of Topliss-reactive ketones (excluding diaryl/α,β-unsaturated/α-hetero) is 1. The number of ketones is 1. The van der Waals surface area contributed by atoms with Crippen LogP contribution in [0.3, 0.4) is 0 Å². The monoisotopic (exact) mass is 228 g/mol. The lowest BCUT2D eigenvalue weighted by molar-refractivity contribution is -0.145. The molecule has 1 aliphatic carbocycles. The van der Waals surface area contributed by atoms with Crippen molar-refractivity contribution in [3.63, 3.8) is 0 Å². The lowest BCUT2D eigenvalue weighted by atomic mass is 9.85. The van der Waals surface area contributed by atoms with Gasteiger partial charge in [-0.15, -0.1) is 0 Å². The molecule has 0 radical (unpaired) electrons. The summed E-state index contributed by atoms with van der Waals surface area (Å²) in [6, 6.07) is 0. The average molecular weight is 228 g/mol. The molecule has 0 bridgehead atoms. The van der Waals surface area contributed by atoms with E-state index in [1.807, 2.05) is 0 Å². The quantitative estimate of drug-likeness (QED) is 0.513. The van der Waals surface area contributed by atoms with Crippen LogP contribution in [-0.4, -0.2) is 32.1 Å². The molecule has 0 N–H and O–H groups in total. The van der Waals surface area contributed by atoms with Crippen molar-refractivity contribution in [2.24, 2.45) is 5.92 Å². The summed E-state index contributed by atoms with van der Waals surface area (Å²) in [5, 5.41) is 0. The van der Waals surface area contributed by atoms with Crippen molar-refractivity contribution in [2.75, 3.05) is 20.3 Å². The van der Waals surface area contributed by atoms with E-state index < -0.39 is 0 Å². The Hall–Kier alpha value is -0.900. The van der Waals surface area contributed by atoms with Crippen molar-refractivity contribution in [3.8, 4) is 0 Å². The van der Waals surface area contributed by atoms with Gasteiger partial charge < -0.3 is 9.47 Å². The third kappa shape index (κ3) is 4.75. The molecule has 0 aliphatic heterocycles. The largest absolute Gasteiger partial charge is 0.463 e. The zero-order valence-electron chi connectivity index (χ0n) is 9.87. The van der Waals surface area contributed by atoms with Gasteiger partial charge in [0.15, 0.2) is 0 Å². The maximum Gasteiger partial charge on any atom is 0.305 e. The van der Waals surface area contributed by atoms with Crippen LogP contribution in [0.5, 0.6) is 0 Å². The fraction of sp³-hybridized carbons (Fsp3) is 0.833. The fourth-order valence-electron chi connectivity index (χ4n) is 1.96. The van der Waals surface area contributed by atoms with Crippen LogP contribution in [0.4, 0.5) is 0 Å². The Labute approximate surface area is 96.3 Å². The van der Waals surface area contributed by atoms with E-state index in [1.165, 1.54) is 0 Å². The van der Waals surface area contributed by atoms with Gasteiger partial charge in [0.25, 0.3) is 0 Å². The Kier molecular flexibility index (Phi) is 6.08. The highest BCUT2D eigenvalue weighted by Crippen LogP contribution is 2.24. The van der Waals surface area contributed by atoms with Crippen LogP contribution in [-0.2, 0) is 19.1 Å². The lowest BCUT2D eigenvalue weighted by Crippen LogP contribution is -2.20. The van der Waals surface area contributed by atoms with Gasteiger partial charge >= 0.3 is 5.97 Å². The molecule has 1 aliphatic rings. The minimum atomic E-state index is -0.226. The number of hydrogen-bond donors (Lipinski definition) is 0. The van der Waals surface area contributed by atoms with Gasteiger partial charge in [0.2, 0.25) is 0 Å². The highest BCUT2D eigenvalue weighted by atomic mass is 16.6. The van der Waals surface area contributed by atoms with Crippen LogP contribution in [0, 0.1) is 5.92 Å². The maximum atomic E-state index is 11.5. The molecule has 0 aromatic carbocycles. The molecule has 1 saturated carbocycles. The fourth-order valence-corrected chi connectivity index (χ4v) is 1.96. The third-order valence-electron chi connectivity index (χ3n) is 2.93. The van der Waals surface area contributed by atoms with Gasteiger partial charge in [-0.2, -0.15) is 0 Å². The Morgan fingerprint density at radius 1 is 1.38 bits per heavy atom. The summed E-state index contributed by atoms with van der Waals surface area (Å²) in [5.74, 6) is 0.176. The summed E-state index contributed by atoms with van der Waals surface area (Å²) in [5.41, 5.74) is 0. The number of rotatable bonds is 6. The molecule has 0 saturated heterocycles. The first kappa shape index (κ1) is 13.2. The highest BCUT2D eigenvalue weighted by molar-refractivity contribution is 5.82. The average Bonchev–Trinajstić information content (AvgIpc) is 2.28. The number of esters is 1. The van der Waals surface area contributed by atoms with E-state index in [0.717, 1.165) is 19.3 Å². The first-order chi connectivity index (χ1) is 7.74. The summed E-state index contributed by atoms with van der Waals surface area (Å²) in [6.45, 7) is 0.724. The van der Waals surface area contributed by atoms with E-state index in [4.69, 9.17) is 9.47 Å². The standard InChI is InChI=1S/C12H20O4/c1-15-8-9-16-12(14)7-6-10-4-2-3-5-11(10)13/h10H,2-9H2,1H3. The van der Waals surface area contributed by atoms with E-state index >= 15 is 0 Å². The molecule has 1 unspecified atom stereocenters. The molecule has 0 amide bonds. The number of carbonyl (C=O) groups is 2. The molecule has 16 heavy (non-hydrogen) atoms. The van der Waals surface area contributed by atoms with E-state index in [0.29, 0.717) is 38.3 Å². The second-order valence-corrected chi connectivity index (χ2v) is 4.16. The molecule has 1 atom stereocenters. The molecule has 1 rings (SSSR count). The zero-order valence-corrected chi connectivity index (χ0v) is 9.87. The Balaban J connectivity index is 2.12. The Bertz CT molecular complexity index is 237. The first-order valence-electron chi connectivity index (χ1n) is 5.91. The molecule has 0 aromatic heterocycles. The molecule has 4 nitrogen and oxygen atoms in total. The third-order valence-corrected chi connectivity index (χ3v) is 2.93. The highest BCUT2D eigenvalue weighted by Gasteiger charge is 2.22. The van der Waals surface area contributed by atoms with Gasteiger partial charge in [-0.3, -0.25) is 9.59 Å². The molecule has 4 heteroatoms. The second kappa shape index (κ2) is 7.39. The van der Waals surface area contributed by atoms with Gasteiger partial charge in [-0.1, -0.05) is 6.42 Å². The maximum absolute atomic E-state index is 11.5. The van der Waals surface area contributed by atoms with Crippen molar-refractivity contribution < 1.29 is 19.1 Å². The van der Waals surface area contributed by atoms with Crippen molar-refractivity contribution >= 4 is 11.8 Å². The number of carbonyl (C=O) groups excluding carboxylic acids is 2. The molecular weight excluding hydrogens is 208 g/mol.